The first-order chi connectivity index (χ1) is 9.03. The molecule has 1 aliphatic carbocycles. The fourth-order valence-corrected chi connectivity index (χ4v) is 3.54. The van der Waals surface area contributed by atoms with E-state index in [9.17, 15) is 4.79 Å². The van der Waals surface area contributed by atoms with E-state index in [1.807, 2.05) is 4.90 Å². The molecular formula is C15H29N3O. The van der Waals surface area contributed by atoms with Crippen molar-refractivity contribution in [3.8, 4) is 0 Å². The third kappa shape index (κ3) is 3.41. The van der Waals surface area contributed by atoms with Crippen molar-refractivity contribution in [2.24, 2.45) is 5.92 Å². The van der Waals surface area contributed by atoms with Crippen LogP contribution in [0.3, 0.4) is 0 Å². The van der Waals surface area contributed by atoms with Crippen molar-refractivity contribution < 1.29 is 4.79 Å². The number of carbonyl (C=O) groups excluding carboxylic acids is 1. The Morgan fingerprint density at radius 1 is 1.32 bits per heavy atom. The maximum atomic E-state index is 12.3. The second-order valence-electron chi connectivity index (χ2n) is 6.68. The summed E-state index contributed by atoms with van der Waals surface area (Å²) in [5.74, 6) is 0.647. The van der Waals surface area contributed by atoms with Crippen LogP contribution in [-0.2, 0) is 0 Å². The van der Waals surface area contributed by atoms with E-state index in [0.717, 1.165) is 26.1 Å². The van der Waals surface area contributed by atoms with Gasteiger partial charge in [0.25, 0.3) is 0 Å². The number of likely N-dealkylation sites (N-methyl/N-ethyl adjacent to an activating group) is 1. The highest BCUT2D eigenvalue weighted by molar-refractivity contribution is 5.74. The lowest BCUT2D eigenvalue weighted by atomic mass is 9.96. The molecule has 0 aromatic rings. The van der Waals surface area contributed by atoms with Crippen LogP contribution in [-0.4, -0.2) is 55.1 Å². The van der Waals surface area contributed by atoms with Crippen molar-refractivity contribution in [3.63, 3.8) is 0 Å². The largest absolute Gasteiger partial charge is 0.336 e. The molecule has 110 valence electrons. The first kappa shape index (κ1) is 14.6. The van der Waals surface area contributed by atoms with E-state index in [1.54, 1.807) is 0 Å². The van der Waals surface area contributed by atoms with Crippen LogP contribution in [0.25, 0.3) is 0 Å². The van der Waals surface area contributed by atoms with Gasteiger partial charge in [0.1, 0.15) is 0 Å². The van der Waals surface area contributed by atoms with E-state index >= 15 is 0 Å². The van der Waals surface area contributed by atoms with Crippen LogP contribution in [0.5, 0.6) is 0 Å². The van der Waals surface area contributed by atoms with Crippen molar-refractivity contribution in [1.29, 1.82) is 0 Å². The average molecular weight is 267 g/mol. The number of urea groups is 1. The second kappa shape index (κ2) is 6.12. The second-order valence-corrected chi connectivity index (χ2v) is 6.68. The SMILES string of the molecule is CC1CCCN(C(=O)NCC2(N(C)C)CCCC2)C1. The Hall–Kier alpha value is -0.770. The van der Waals surface area contributed by atoms with Gasteiger partial charge in [-0.1, -0.05) is 19.8 Å². The molecule has 1 saturated carbocycles. The minimum absolute atomic E-state index is 0.139. The zero-order valence-electron chi connectivity index (χ0n) is 12.7. The minimum atomic E-state index is 0.139. The van der Waals surface area contributed by atoms with Gasteiger partial charge < -0.3 is 15.1 Å². The molecule has 0 aromatic heterocycles. The first-order valence-electron chi connectivity index (χ1n) is 7.74. The summed E-state index contributed by atoms with van der Waals surface area (Å²) in [7, 11) is 4.28. The molecule has 4 nitrogen and oxygen atoms in total. The summed E-state index contributed by atoms with van der Waals surface area (Å²) in [4.78, 5) is 16.6. The summed E-state index contributed by atoms with van der Waals surface area (Å²) in [6.07, 6.45) is 7.38. The number of nitrogens with one attached hydrogen (secondary N) is 1. The van der Waals surface area contributed by atoms with Gasteiger partial charge in [-0.3, -0.25) is 0 Å². The number of piperidine rings is 1. The number of hydrogen-bond acceptors (Lipinski definition) is 2. The molecule has 1 aliphatic heterocycles. The lowest BCUT2D eigenvalue weighted by Crippen LogP contribution is -2.54. The van der Waals surface area contributed by atoms with Crippen LogP contribution in [0.4, 0.5) is 4.79 Å². The van der Waals surface area contributed by atoms with Crippen molar-refractivity contribution in [2.45, 2.75) is 51.0 Å². The smallest absolute Gasteiger partial charge is 0.317 e. The van der Waals surface area contributed by atoms with E-state index in [0.29, 0.717) is 5.92 Å². The highest BCUT2D eigenvalue weighted by Gasteiger charge is 2.36. The van der Waals surface area contributed by atoms with Gasteiger partial charge in [0.05, 0.1) is 0 Å². The summed E-state index contributed by atoms with van der Waals surface area (Å²) in [5.41, 5.74) is 0.192. The molecule has 2 amide bonds. The molecule has 4 heteroatoms. The van der Waals surface area contributed by atoms with E-state index in [2.05, 4.69) is 31.2 Å². The minimum Gasteiger partial charge on any atom is -0.336 e. The molecule has 1 N–H and O–H groups in total. The molecule has 19 heavy (non-hydrogen) atoms. The summed E-state index contributed by atoms with van der Waals surface area (Å²) in [6, 6.07) is 0.139. The van der Waals surface area contributed by atoms with Gasteiger partial charge >= 0.3 is 6.03 Å². The normalized spacial score (nSPS) is 26.7. The Morgan fingerprint density at radius 3 is 2.58 bits per heavy atom. The van der Waals surface area contributed by atoms with Gasteiger partial charge in [-0.05, 0) is 45.7 Å². The number of hydrogen-bond donors (Lipinski definition) is 1. The molecule has 0 aromatic carbocycles. The van der Waals surface area contributed by atoms with Crippen molar-refractivity contribution >= 4 is 6.03 Å². The number of nitrogens with zero attached hydrogens (tertiary/aromatic N) is 2. The van der Waals surface area contributed by atoms with Gasteiger partial charge in [-0.2, -0.15) is 0 Å². The molecule has 1 unspecified atom stereocenters. The molecule has 0 spiro atoms. The van der Waals surface area contributed by atoms with Crippen molar-refractivity contribution in [2.75, 3.05) is 33.7 Å². The maximum Gasteiger partial charge on any atom is 0.317 e. The molecule has 2 aliphatic rings. The van der Waals surface area contributed by atoms with Gasteiger partial charge in [0, 0.05) is 25.2 Å². The van der Waals surface area contributed by atoms with Gasteiger partial charge in [0.15, 0.2) is 0 Å². The van der Waals surface area contributed by atoms with Gasteiger partial charge in [0.2, 0.25) is 0 Å². The van der Waals surface area contributed by atoms with Gasteiger partial charge in [-0.25, -0.2) is 4.79 Å². The predicted molar refractivity (Wildman–Crippen MR) is 78.3 cm³/mol. The van der Waals surface area contributed by atoms with E-state index < -0.39 is 0 Å². The van der Waals surface area contributed by atoms with Crippen molar-refractivity contribution in [1.82, 2.24) is 15.1 Å². The van der Waals surface area contributed by atoms with E-state index in [4.69, 9.17) is 0 Å². The Labute approximate surface area is 117 Å². The number of likely N-dealkylation sites (tertiary alicyclic amines) is 1. The summed E-state index contributed by atoms with van der Waals surface area (Å²) >= 11 is 0. The number of carbonyl (C=O) groups is 1. The molecule has 2 rings (SSSR count). The highest BCUT2D eigenvalue weighted by Crippen LogP contribution is 2.33. The first-order valence-corrected chi connectivity index (χ1v) is 7.74. The lowest BCUT2D eigenvalue weighted by Gasteiger charge is -2.38. The number of rotatable bonds is 3. The van der Waals surface area contributed by atoms with Crippen LogP contribution >= 0.6 is 0 Å². The van der Waals surface area contributed by atoms with Crippen LogP contribution in [0.15, 0.2) is 0 Å². The zero-order chi connectivity index (χ0) is 13.9. The zero-order valence-corrected chi connectivity index (χ0v) is 12.7. The third-order valence-corrected chi connectivity index (χ3v) is 5.00. The van der Waals surface area contributed by atoms with Crippen LogP contribution in [0, 0.1) is 5.92 Å². The molecule has 2 fully saturated rings. The van der Waals surface area contributed by atoms with Crippen LogP contribution < -0.4 is 5.32 Å². The molecule has 0 bridgehead atoms. The fraction of sp³-hybridized carbons (Fsp3) is 0.933. The Kier molecular flexibility index (Phi) is 4.71. The van der Waals surface area contributed by atoms with E-state index in [1.165, 1.54) is 32.1 Å². The van der Waals surface area contributed by atoms with Crippen LogP contribution in [0.2, 0.25) is 0 Å². The summed E-state index contributed by atoms with van der Waals surface area (Å²) in [5, 5.41) is 3.18. The maximum absolute atomic E-state index is 12.3. The van der Waals surface area contributed by atoms with E-state index in [-0.39, 0.29) is 11.6 Å². The Morgan fingerprint density at radius 2 is 2.00 bits per heavy atom. The summed E-state index contributed by atoms with van der Waals surface area (Å²) in [6.45, 7) is 4.87. The average Bonchev–Trinajstić information content (AvgIpc) is 2.86. The molecule has 0 radical (unpaired) electrons. The summed E-state index contributed by atoms with van der Waals surface area (Å²) < 4.78 is 0. The number of amides is 2. The lowest BCUT2D eigenvalue weighted by molar-refractivity contribution is 0.138. The molecular weight excluding hydrogens is 238 g/mol. The quantitative estimate of drug-likeness (QED) is 0.851. The third-order valence-electron chi connectivity index (χ3n) is 5.00. The predicted octanol–water partition coefficient (Wildman–Crippen LogP) is 2.30. The molecule has 1 saturated heterocycles. The topological polar surface area (TPSA) is 35.6 Å². The van der Waals surface area contributed by atoms with Crippen molar-refractivity contribution in [3.05, 3.63) is 0 Å². The monoisotopic (exact) mass is 267 g/mol. The fourth-order valence-electron chi connectivity index (χ4n) is 3.54. The Bertz CT molecular complexity index is 311. The Balaban J connectivity index is 1.85. The standard InChI is InChI=1S/C15H29N3O/c1-13-7-6-10-18(11-13)14(19)16-12-15(17(2)3)8-4-5-9-15/h13H,4-12H2,1-3H3,(H,16,19). The highest BCUT2D eigenvalue weighted by atomic mass is 16.2. The van der Waals surface area contributed by atoms with Gasteiger partial charge in [-0.15, -0.1) is 0 Å². The molecule has 1 heterocycles. The molecule has 1 atom stereocenters. The van der Waals surface area contributed by atoms with Crippen LogP contribution in [0.1, 0.15) is 45.4 Å².